The lowest BCUT2D eigenvalue weighted by molar-refractivity contribution is 1.34. The van der Waals surface area contributed by atoms with E-state index < -0.39 is 0 Å². The number of imidazole rings is 1. The molecule has 0 aliphatic heterocycles. The molecule has 0 radical (unpaired) electrons. The first-order valence-electron chi connectivity index (χ1n) is 4.36. The van der Waals surface area contributed by atoms with Gasteiger partial charge in [0.05, 0.1) is 17.4 Å². The molecule has 70 valence electrons. The first-order chi connectivity index (χ1) is 6.27. The summed E-state index contributed by atoms with van der Waals surface area (Å²) in [5.74, 6) is 0. The predicted molar refractivity (Wildman–Crippen MR) is 57.2 cm³/mol. The van der Waals surface area contributed by atoms with Crippen LogP contribution in [0.3, 0.4) is 0 Å². The van der Waals surface area contributed by atoms with Gasteiger partial charge in [-0.25, -0.2) is 4.98 Å². The van der Waals surface area contributed by atoms with Crippen molar-refractivity contribution < 1.29 is 0 Å². The minimum atomic E-state index is 0.749. The molecule has 0 saturated carbocycles. The number of aryl methyl sites for hydroxylation is 1. The summed E-state index contributed by atoms with van der Waals surface area (Å²) in [5, 5.41) is 0.749. The normalized spacial score (nSPS) is 9.54. The summed E-state index contributed by atoms with van der Waals surface area (Å²) in [4.78, 5) is 7.15. The van der Waals surface area contributed by atoms with Gasteiger partial charge in [0.1, 0.15) is 0 Å². The molecule has 2 nitrogen and oxygen atoms in total. The van der Waals surface area contributed by atoms with Crippen molar-refractivity contribution in [1.29, 1.82) is 0 Å². The lowest BCUT2D eigenvalue weighted by Crippen LogP contribution is -1.76. The van der Waals surface area contributed by atoms with Gasteiger partial charge in [-0.1, -0.05) is 25.4 Å². The smallest absolute Gasteiger partial charge is 0.0931 e. The summed E-state index contributed by atoms with van der Waals surface area (Å²) in [6.45, 7) is 6.00. The van der Waals surface area contributed by atoms with Gasteiger partial charge in [-0.05, 0) is 24.6 Å². The quantitative estimate of drug-likeness (QED) is 0.686. The summed E-state index contributed by atoms with van der Waals surface area (Å²) in [7, 11) is 0. The summed E-state index contributed by atoms with van der Waals surface area (Å²) < 4.78 is 0. The Kier molecular flexibility index (Phi) is 3.32. The topological polar surface area (TPSA) is 28.7 Å². The van der Waals surface area contributed by atoms with Gasteiger partial charge >= 0.3 is 0 Å². The van der Waals surface area contributed by atoms with Crippen LogP contribution in [0.4, 0.5) is 0 Å². The molecule has 2 rings (SSSR count). The monoisotopic (exact) mass is 196 g/mol. The highest BCUT2D eigenvalue weighted by atomic mass is 35.5. The van der Waals surface area contributed by atoms with Crippen LogP contribution >= 0.6 is 11.6 Å². The third-order valence-corrected chi connectivity index (χ3v) is 1.90. The number of nitrogens with zero attached hydrogens (tertiary/aromatic N) is 1. The van der Waals surface area contributed by atoms with Crippen molar-refractivity contribution in [2.75, 3.05) is 0 Å². The molecule has 0 saturated heterocycles. The number of hydrogen-bond acceptors (Lipinski definition) is 1. The third kappa shape index (κ3) is 2.01. The maximum Gasteiger partial charge on any atom is 0.0931 e. The number of halogens is 1. The SMILES string of the molecule is CC.Cc1cc(Cl)cc2[nH]cnc12. The fraction of sp³-hybridized carbons (Fsp3) is 0.300. The van der Waals surface area contributed by atoms with Crippen LogP contribution in [0.1, 0.15) is 19.4 Å². The summed E-state index contributed by atoms with van der Waals surface area (Å²) in [6, 6.07) is 3.78. The highest BCUT2D eigenvalue weighted by Crippen LogP contribution is 2.19. The molecule has 1 heterocycles. The Bertz CT molecular complexity index is 393. The molecule has 0 aliphatic carbocycles. The summed E-state index contributed by atoms with van der Waals surface area (Å²) in [5.41, 5.74) is 3.10. The van der Waals surface area contributed by atoms with Crippen molar-refractivity contribution in [1.82, 2.24) is 9.97 Å². The molecule has 1 N–H and O–H groups in total. The largest absolute Gasteiger partial charge is 0.345 e. The number of aromatic nitrogens is 2. The van der Waals surface area contributed by atoms with Crippen LogP contribution in [0.25, 0.3) is 11.0 Å². The van der Waals surface area contributed by atoms with Crippen LogP contribution in [0.5, 0.6) is 0 Å². The zero-order valence-corrected chi connectivity index (χ0v) is 8.81. The Hall–Kier alpha value is -1.02. The first-order valence-corrected chi connectivity index (χ1v) is 4.74. The summed E-state index contributed by atoms with van der Waals surface area (Å²) in [6.07, 6.45) is 1.67. The van der Waals surface area contributed by atoms with Crippen LogP contribution in [-0.2, 0) is 0 Å². The number of fused-ring (bicyclic) bond motifs is 1. The third-order valence-electron chi connectivity index (χ3n) is 1.68. The van der Waals surface area contributed by atoms with E-state index in [-0.39, 0.29) is 0 Å². The minimum absolute atomic E-state index is 0.749. The second kappa shape index (κ2) is 4.28. The second-order valence-corrected chi connectivity index (χ2v) is 2.96. The molecular weight excluding hydrogens is 184 g/mol. The Balaban J connectivity index is 0.000000396. The lowest BCUT2D eigenvalue weighted by Gasteiger charge is -1.94. The van der Waals surface area contributed by atoms with Gasteiger partial charge in [0.25, 0.3) is 0 Å². The molecule has 2 aromatic rings. The Morgan fingerprint density at radius 3 is 2.69 bits per heavy atom. The fourth-order valence-electron chi connectivity index (χ4n) is 1.18. The van der Waals surface area contributed by atoms with E-state index in [1.807, 2.05) is 32.9 Å². The molecular formula is C10H13ClN2. The van der Waals surface area contributed by atoms with E-state index in [1.54, 1.807) is 6.33 Å². The van der Waals surface area contributed by atoms with Crippen molar-refractivity contribution in [3.05, 3.63) is 29.0 Å². The van der Waals surface area contributed by atoms with Gasteiger partial charge in [-0.15, -0.1) is 0 Å². The molecule has 0 bridgehead atoms. The molecule has 13 heavy (non-hydrogen) atoms. The van der Waals surface area contributed by atoms with Crippen molar-refractivity contribution in [3.63, 3.8) is 0 Å². The maximum absolute atomic E-state index is 5.83. The van der Waals surface area contributed by atoms with Gasteiger partial charge in [0.2, 0.25) is 0 Å². The van der Waals surface area contributed by atoms with E-state index in [0.717, 1.165) is 21.6 Å². The van der Waals surface area contributed by atoms with Gasteiger partial charge in [-0.3, -0.25) is 0 Å². The standard InChI is InChI=1S/C8H7ClN2.C2H6/c1-5-2-6(9)3-7-8(5)11-4-10-7;1-2/h2-4H,1H3,(H,10,11);1-2H3. The Morgan fingerprint density at radius 1 is 1.31 bits per heavy atom. The van der Waals surface area contributed by atoms with E-state index >= 15 is 0 Å². The Labute approximate surface area is 82.9 Å². The van der Waals surface area contributed by atoms with Crippen LogP contribution in [0.2, 0.25) is 5.02 Å². The zero-order valence-electron chi connectivity index (χ0n) is 8.06. The van der Waals surface area contributed by atoms with Crippen molar-refractivity contribution in [2.45, 2.75) is 20.8 Å². The van der Waals surface area contributed by atoms with E-state index in [0.29, 0.717) is 0 Å². The van der Waals surface area contributed by atoms with E-state index in [2.05, 4.69) is 9.97 Å². The minimum Gasteiger partial charge on any atom is -0.345 e. The van der Waals surface area contributed by atoms with Crippen LogP contribution < -0.4 is 0 Å². The van der Waals surface area contributed by atoms with E-state index in [1.165, 1.54) is 0 Å². The number of rotatable bonds is 0. The van der Waals surface area contributed by atoms with Crippen molar-refractivity contribution >= 4 is 22.6 Å². The highest BCUT2D eigenvalue weighted by Gasteiger charge is 2.00. The van der Waals surface area contributed by atoms with Crippen LogP contribution in [0.15, 0.2) is 18.5 Å². The average Bonchev–Trinajstić information content (AvgIpc) is 2.55. The molecule has 0 unspecified atom stereocenters. The molecule has 3 heteroatoms. The second-order valence-electron chi connectivity index (χ2n) is 2.52. The van der Waals surface area contributed by atoms with Crippen molar-refractivity contribution in [3.8, 4) is 0 Å². The highest BCUT2D eigenvalue weighted by molar-refractivity contribution is 6.31. The number of aromatic amines is 1. The van der Waals surface area contributed by atoms with Crippen LogP contribution in [0, 0.1) is 6.92 Å². The molecule has 1 aromatic heterocycles. The molecule has 0 spiro atoms. The number of nitrogens with one attached hydrogen (secondary N) is 1. The van der Waals surface area contributed by atoms with Gasteiger partial charge in [0.15, 0.2) is 0 Å². The average molecular weight is 197 g/mol. The lowest BCUT2D eigenvalue weighted by atomic mass is 10.2. The summed E-state index contributed by atoms with van der Waals surface area (Å²) >= 11 is 5.83. The van der Waals surface area contributed by atoms with Gasteiger partial charge in [-0.2, -0.15) is 0 Å². The fourth-order valence-corrected chi connectivity index (χ4v) is 1.46. The predicted octanol–water partition coefficient (Wildman–Crippen LogP) is 3.55. The number of H-pyrrole nitrogens is 1. The number of hydrogen-bond donors (Lipinski definition) is 1. The zero-order chi connectivity index (χ0) is 9.84. The molecule has 0 amide bonds. The van der Waals surface area contributed by atoms with E-state index in [9.17, 15) is 0 Å². The molecule has 0 aliphatic rings. The Morgan fingerprint density at radius 2 is 2.00 bits per heavy atom. The van der Waals surface area contributed by atoms with Gasteiger partial charge < -0.3 is 4.98 Å². The first kappa shape index (κ1) is 10.1. The van der Waals surface area contributed by atoms with Gasteiger partial charge in [0, 0.05) is 5.02 Å². The molecule has 0 fully saturated rings. The number of benzene rings is 1. The molecule has 0 atom stereocenters. The van der Waals surface area contributed by atoms with Crippen molar-refractivity contribution in [2.24, 2.45) is 0 Å². The maximum atomic E-state index is 5.83. The molecule has 1 aromatic carbocycles. The van der Waals surface area contributed by atoms with E-state index in [4.69, 9.17) is 11.6 Å². The van der Waals surface area contributed by atoms with Crippen LogP contribution in [-0.4, -0.2) is 9.97 Å².